The molecule has 0 aliphatic carbocycles. The number of likely N-dealkylation sites (N-methyl/N-ethyl adjacent to an activating group) is 1. The van der Waals surface area contributed by atoms with Crippen molar-refractivity contribution in [2.75, 3.05) is 40.9 Å². The summed E-state index contributed by atoms with van der Waals surface area (Å²) >= 11 is 0. The number of allylic oxidation sites excluding steroid dienone is 25. The molecular weight excluding hydrogens is 948 g/mol. The van der Waals surface area contributed by atoms with Gasteiger partial charge in [-0.05, 0) is 109 Å². The van der Waals surface area contributed by atoms with Crippen LogP contribution in [0.25, 0.3) is 0 Å². The topological polar surface area (TPSA) is 108 Å². The van der Waals surface area contributed by atoms with E-state index >= 15 is 0 Å². The van der Waals surface area contributed by atoms with E-state index in [-0.39, 0.29) is 18.9 Å². The molecule has 0 aliphatic rings. The van der Waals surface area contributed by atoms with Gasteiger partial charge in [-0.15, -0.1) is 0 Å². The quantitative estimate of drug-likeness (QED) is 0.0272. The molecule has 9 heteroatoms. The molecule has 75 heavy (non-hydrogen) atoms. The first-order valence-electron chi connectivity index (χ1n) is 29.3. The van der Waals surface area contributed by atoms with Gasteiger partial charge in [0, 0.05) is 6.42 Å². The molecule has 0 spiro atoms. The minimum atomic E-state index is -4.62. The molecule has 0 fully saturated rings. The fraction of sp³-hybridized carbons (Fsp3) is 0.591. The molecule has 0 aromatic carbocycles. The van der Waals surface area contributed by atoms with Crippen LogP contribution in [0.3, 0.4) is 0 Å². The average molecular weight is 1060 g/mol. The molecule has 3 atom stereocenters. The number of quaternary nitrogens is 1. The molecule has 0 saturated heterocycles. The van der Waals surface area contributed by atoms with Crippen molar-refractivity contribution in [2.45, 2.75) is 212 Å². The number of hydrogen-bond donors (Lipinski definition) is 2. The van der Waals surface area contributed by atoms with Gasteiger partial charge in [-0.2, -0.15) is 0 Å². The molecular formula is C66H109N2O6P. The number of aliphatic hydroxyl groups excluding tert-OH is 1. The Hall–Kier alpha value is -3.88. The summed E-state index contributed by atoms with van der Waals surface area (Å²) in [6, 6.07) is -0.921. The number of carbonyl (C=O) groups excluding carboxylic acids is 1. The molecule has 0 aliphatic heterocycles. The number of phosphoric ester groups is 1. The number of carbonyl (C=O) groups is 1. The number of nitrogens with one attached hydrogen (secondary N) is 1. The molecule has 3 unspecified atom stereocenters. The van der Waals surface area contributed by atoms with Crippen LogP contribution in [0.15, 0.2) is 158 Å². The van der Waals surface area contributed by atoms with Gasteiger partial charge in [0.05, 0.1) is 39.9 Å². The summed E-state index contributed by atoms with van der Waals surface area (Å²) in [5.41, 5.74) is 0. The predicted octanol–water partition coefficient (Wildman–Crippen LogP) is 17.6. The Labute approximate surface area is 461 Å². The number of amides is 1. The lowest BCUT2D eigenvalue weighted by Crippen LogP contribution is -2.45. The van der Waals surface area contributed by atoms with E-state index in [4.69, 9.17) is 9.05 Å². The summed E-state index contributed by atoms with van der Waals surface area (Å²) in [5.74, 6) is -0.247. The lowest BCUT2D eigenvalue weighted by Gasteiger charge is -2.29. The highest BCUT2D eigenvalue weighted by atomic mass is 31.2. The van der Waals surface area contributed by atoms with Crippen molar-refractivity contribution in [3.8, 4) is 0 Å². The third-order valence-corrected chi connectivity index (χ3v) is 13.0. The maximum atomic E-state index is 12.9. The SMILES string of the molecule is CC/C=C\C/C=C\C/C=C\C/C=C\C/C=C\C/C=C\C/C=C\C/C=C\C/C=C\C/C=C\C/C=C\C/C=C\CCCCC(=O)NC(COP(=O)([O-])OCC[N+](C)(C)C)C(O)/C=C/CCCCCCCCCCCCCC. The monoisotopic (exact) mass is 1060 g/mol. The molecule has 1 amide bonds. The van der Waals surface area contributed by atoms with Crippen molar-refractivity contribution in [2.24, 2.45) is 0 Å². The van der Waals surface area contributed by atoms with Crippen LogP contribution >= 0.6 is 7.82 Å². The fourth-order valence-corrected chi connectivity index (χ4v) is 8.15. The Balaban J connectivity index is 4.27. The molecule has 0 radical (unpaired) electrons. The number of phosphoric acid groups is 1. The summed E-state index contributed by atoms with van der Waals surface area (Å²) < 4.78 is 23.3. The minimum Gasteiger partial charge on any atom is -0.756 e. The maximum Gasteiger partial charge on any atom is 0.268 e. The molecule has 0 heterocycles. The number of aliphatic hydroxyl groups is 1. The van der Waals surface area contributed by atoms with Crippen molar-refractivity contribution in [3.05, 3.63) is 158 Å². The van der Waals surface area contributed by atoms with Gasteiger partial charge in [0.15, 0.2) is 0 Å². The van der Waals surface area contributed by atoms with Gasteiger partial charge in [-0.3, -0.25) is 9.36 Å². The molecule has 424 valence electrons. The van der Waals surface area contributed by atoms with Gasteiger partial charge in [-0.1, -0.05) is 242 Å². The van der Waals surface area contributed by atoms with E-state index in [1.807, 2.05) is 27.2 Å². The highest BCUT2D eigenvalue weighted by Crippen LogP contribution is 2.38. The summed E-state index contributed by atoms with van der Waals surface area (Å²) in [6.45, 7) is 4.47. The van der Waals surface area contributed by atoms with Crippen molar-refractivity contribution in [1.82, 2.24) is 5.32 Å². The van der Waals surface area contributed by atoms with Crippen LogP contribution in [-0.2, 0) is 18.4 Å². The zero-order valence-electron chi connectivity index (χ0n) is 48.2. The second-order valence-corrected chi connectivity index (χ2v) is 21.7. The summed E-state index contributed by atoms with van der Waals surface area (Å²) in [4.78, 5) is 25.4. The molecule has 0 rings (SSSR count). The zero-order chi connectivity index (χ0) is 54.9. The third kappa shape index (κ3) is 57.7. The van der Waals surface area contributed by atoms with Gasteiger partial charge < -0.3 is 28.8 Å². The Morgan fingerprint density at radius 2 is 0.813 bits per heavy atom. The normalized spacial score (nSPS) is 15.0. The Morgan fingerprint density at radius 3 is 1.19 bits per heavy atom. The van der Waals surface area contributed by atoms with E-state index in [1.54, 1.807) is 6.08 Å². The highest BCUT2D eigenvalue weighted by Gasteiger charge is 2.23. The summed E-state index contributed by atoms with van der Waals surface area (Å²) in [7, 11) is 1.21. The Bertz CT molecular complexity index is 1770. The van der Waals surface area contributed by atoms with E-state index in [0.29, 0.717) is 17.4 Å². The highest BCUT2D eigenvalue weighted by molar-refractivity contribution is 7.45. The van der Waals surface area contributed by atoms with Crippen LogP contribution in [0.4, 0.5) is 0 Å². The van der Waals surface area contributed by atoms with Crippen molar-refractivity contribution >= 4 is 13.7 Å². The summed E-state index contributed by atoms with van der Waals surface area (Å²) in [5, 5.41) is 13.8. The van der Waals surface area contributed by atoms with Crippen LogP contribution in [-0.4, -0.2) is 68.5 Å². The summed E-state index contributed by atoms with van der Waals surface area (Å²) in [6.07, 6.45) is 86.1. The Morgan fingerprint density at radius 1 is 0.480 bits per heavy atom. The van der Waals surface area contributed by atoms with E-state index in [0.717, 1.165) is 109 Å². The van der Waals surface area contributed by atoms with Gasteiger partial charge in [0.25, 0.3) is 7.82 Å². The van der Waals surface area contributed by atoms with E-state index < -0.39 is 26.6 Å². The lowest BCUT2D eigenvalue weighted by molar-refractivity contribution is -0.870. The van der Waals surface area contributed by atoms with Crippen LogP contribution in [0.2, 0.25) is 0 Å². The number of nitrogens with zero attached hydrogens (tertiary/aromatic N) is 1. The number of hydrogen-bond acceptors (Lipinski definition) is 6. The molecule has 8 nitrogen and oxygen atoms in total. The minimum absolute atomic E-state index is 0.0182. The first kappa shape index (κ1) is 71.1. The van der Waals surface area contributed by atoms with Crippen molar-refractivity contribution < 1.29 is 32.9 Å². The van der Waals surface area contributed by atoms with Crippen LogP contribution in [0, 0.1) is 0 Å². The fourth-order valence-electron chi connectivity index (χ4n) is 7.43. The predicted molar refractivity (Wildman–Crippen MR) is 324 cm³/mol. The van der Waals surface area contributed by atoms with E-state index in [9.17, 15) is 19.4 Å². The van der Waals surface area contributed by atoms with Gasteiger partial charge >= 0.3 is 0 Å². The molecule has 0 aromatic heterocycles. The van der Waals surface area contributed by atoms with Gasteiger partial charge in [0.1, 0.15) is 13.2 Å². The largest absolute Gasteiger partial charge is 0.756 e. The van der Waals surface area contributed by atoms with Crippen LogP contribution in [0.1, 0.15) is 200 Å². The smallest absolute Gasteiger partial charge is 0.268 e. The van der Waals surface area contributed by atoms with Gasteiger partial charge in [-0.25, -0.2) is 0 Å². The lowest BCUT2D eigenvalue weighted by atomic mass is 10.0. The first-order chi connectivity index (χ1) is 36.5. The second kappa shape index (κ2) is 54.9. The van der Waals surface area contributed by atoms with E-state index in [2.05, 4.69) is 165 Å². The second-order valence-electron chi connectivity index (χ2n) is 20.3. The average Bonchev–Trinajstić information content (AvgIpc) is 3.37. The molecule has 0 bridgehead atoms. The standard InChI is InChI=1S/C66H109N2O6P/c1-6-8-10-12-14-16-18-20-22-23-24-25-26-27-28-29-30-31-32-33-34-35-36-37-38-39-40-41-42-43-44-45-46-48-50-52-54-56-58-60-66(70)67-64(63-74-75(71,72)73-62-61-68(3,4)5)65(69)59-57-55-53-51-49-47-21-19-17-15-13-11-9-7-2/h8,10,14,16,20,22,24-25,27-28,30-31,33-34,36-37,39-40,42-43,45-46,50,52,57,59,64-65,69H,6-7,9,11-13,15,17-19,21,23,26,29,32,35,38,41,44,47-49,51,53-56,58,60-63H2,1-5H3,(H-,67,70,71,72)/b10-8-,16-14-,22-20-,25-24-,28-27-,31-30-,34-33-,37-36-,40-39-,43-42-,46-45-,52-50-,59-57+. The molecule has 0 saturated carbocycles. The molecule has 2 N–H and O–H groups in total. The molecule has 0 aromatic rings. The van der Waals surface area contributed by atoms with E-state index in [1.165, 1.54) is 64.2 Å². The number of rotatable bonds is 51. The van der Waals surface area contributed by atoms with Crippen LogP contribution < -0.4 is 10.2 Å². The first-order valence-corrected chi connectivity index (χ1v) is 30.8. The van der Waals surface area contributed by atoms with Crippen molar-refractivity contribution in [3.63, 3.8) is 0 Å². The zero-order valence-corrected chi connectivity index (χ0v) is 49.1. The third-order valence-electron chi connectivity index (χ3n) is 12.0. The number of unbranched alkanes of at least 4 members (excludes halogenated alkanes) is 14. The maximum absolute atomic E-state index is 12.9. The van der Waals surface area contributed by atoms with Gasteiger partial charge in [0.2, 0.25) is 5.91 Å². The van der Waals surface area contributed by atoms with Crippen LogP contribution in [0.5, 0.6) is 0 Å². The van der Waals surface area contributed by atoms with Crippen molar-refractivity contribution in [1.29, 1.82) is 0 Å². The Kier molecular flexibility index (Phi) is 52.1.